The van der Waals surface area contributed by atoms with Crippen molar-refractivity contribution in [3.8, 4) is 0 Å². The molecule has 1 saturated heterocycles. The van der Waals surface area contributed by atoms with Crippen LogP contribution in [-0.4, -0.2) is 51.5 Å². The van der Waals surface area contributed by atoms with E-state index in [0.29, 0.717) is 36.4 Å². The summed E-state index contributed by atoms with van der Waals surface area (Å²) in [6, 6.07) is 17.2. The Bertz CT molecular complexity index is 1390. The first kappa shape index (κ1) is 29.6. The van der Waals surface area contributed by atoms with Crippen molar-refractivity contribution in [3.63, 3.8) is 0 Å². The molecule has 3 aromatic rings. The highest BCUT2D eigenvalue weighted by Crippen LogP contribution is 2.32. The molecule has 1 amide bonds. The van der Waals surface area contributed by atoms with E-state index in [4.69, 9.17) is 4.74 Å². The molecule has 11 heteroatoms. The number of aliphatic hydroxyl groups is 1. The first-order valence-corrected chi connectivity index (χ1v) is 14.5. The van der Waals surface area contributed by atoms with E-state index in [-0.39, 0.29) is 17.3 Å². The maximum Gasteiger partial charge on any atom is 0.416 e. The van der Waals surface area contributed by atoms with Crippen LogP contribution in [0.2, 0.25) is 0 Å². The molecule has 0 aromatic heterocycles. The number of benzene rings is 3. The van der Waals surface area contributed by atoms with E-state index >= 15 is 0 Å². The Labute approximate surface area is 231 Å². The number of aliphatic hydroxyl groups excluding tert-OH is 1. The molecule has 1 aliphatic heterocycles. The van der Waals surface area contributed by atoms with Crippen molar-refractivity contribution in [1.82, 2.24) is 5.32 Å². The number of nitrogens with one attached hydrogen (secondary N) is 1. The molecule has 214 valence electrons. The van der Waals surface area contributed by atoms with Crippen molar-refractivity contribution in [2.24, 2.45) is 0 Å². The molecule has 0 saturated carbocycles. The molecular weight excluding hydrogens is 545 g/mol. The van der Waals surface area contributed by atoms with Gasteiger partial charge < -0.3 is 20.1 Å². The Morgan fingerprint density at radius 2 is 1.70 bits per heavy atom. The third-order valence-corrected chi connectivity index (χ3v) is 8.64. The minimum atomic E-state index is -4.40. The van der Waals surface area contributed by atoms with Gasteiger partial charge >= 0.3 is 6.18 Å². The first-order valence-electron chi connectivity index (χ1n) is 12.9. The number of carbonyl (C=O) groups is 1. The molecule has 0 bridgehead atoms. The molecular formula is C29H31F3N2O5S. The fourth-order valence-corrected chi connectivity index (χ4v) is 5.41. The van der Waals surface area contributed by atoms with Gasteiger partial charge in [-0.15, -0.1) is 0 Å². The zero-order valence-corrected chi connectivity index (χ0v) is 22.7. The van der Waals surface area contributed by atoms with Gasteiger partial charge in [-0.05, 0) is 66.1 Å². The minimum Gasteiger partial charge on any atom is -0.394 e. The van der Waals surface area contributed by atoms with Crippen molar-refractivity contribution in [2.45, 2.75) is 36.6 Å². The van der Waals surface area contributed by atoms with Crippen LogP contribution < -0.4 is 10.2 Å². The zero-order valence-electron chi connectivity index (χ0n) is 21.9. The summed E-state index contributed by atoms with van der Waals surface area (Å²) in [7, 11) is -3.36. The van der Waals surface area contributed by atoms with Crippen molar-refractivity contribution < 1.29 is 36.2 Å². The van der Waals surface area contributed by atoms with Crippen molar-refractivity contribution >= 4 is 21.4 Å². The minimum absolute atomic E-state index is 0.0251. The van der Waals surface area contributed by atoms with Gasteiger partial charge in [0.15, 0.2) is 9.84 Å². The monoisotopic (exact) mass is 576 g/mol. The molecule has 7 nitrogen and oxygen atoms in total. The summed E-state index contributed by atoms with van der Waals surface area (Å²) in [5.74, 6) is -0.430. The highest BCUT2D eigenvalue weighted by Gasteiger charge is 2.30. The average Bonchev–Trinajstić information content (AvgIpc) is 3.22. The number of carbonyl (C=O) groups excluding carboxylic acids is 1. The lowest BCUT2D eigenvalue weighted by molar-refractivity contribution is -0.137. The maximum absolute atomic E-state index is 12.9. The van der Waals surface area contributed by atoms with Gasteiger partial charge in [-0.2, -0.15) is 13.2 Å². The molecule has 1 unspecified atom stereocenters. The highest BCUT2D eigenvalue weighted by atomic mass is 32.2. The van der Waals surface area contributed by atoms with E-state index in [9.17, 15) is 31.5 Å². The highest BCUT2D eigenvalue weighted by molar-refractivity contribution is 7.91. The van der Waals surface area contributed by atoms with Crippen LogP contribution in [0.5, 0.6) is 0 Å². The Morgan fingerprint density at radius 3 is 2.27 bits per heavy atom. The molecule has 2 atom stereocenters. The predicted octanol–water partition coefficient (Wildman–Crippen LogP) is 4.93. The third-order valence-electron chi connectivity index (χ3n) is 6.89. The molecule has 0 aliphatic carbocycles. The summed E-state index contributed by atoms with van der Waals surface area (Å²) in [5.41, 5.74) is 1.73. The van der Waals surface area contributed by atoms with E-state index in [1.165, 1.54) is 24.3 Å². The summed E-state index contributed by atoms with van der Waals surface area (Å²) < 4.78 is 68.8. The number of alkyl halides is 3. The van der Waals surface area contributed by atoms with Gasteiger partial charge in [-0.25, -0.2) is 8.42 Å². The Hall–Kier alpha value is -3.41. The maximum atomic E-state index is 12.9. The quantitative estimate of drug-likeness (QED) is 0.395. The molecule has 1 heterocycles. The summed E-state index contributed by atoms with van der Waals surface area (Å²) >= 11 is 0. The van der Waals surface area contributed by atoms with Crippen LogP contribution in [0.3, 0.4) is 0 Å². The number of nitrogens with zero attached hydrogens (tertiary/aromatic N) is 1. The van der Waals surface area contributed by atoms with Gasteiger partial charge in [0, 0.05) is 30.9 Å². The normalized spacial score (nSPS) is 17.2. The van der Waals surface area contributed by atoms with Crippen LogP contribution in [0.15, 0.2) is 77.7 Å². The number of rotatable bonds is 8. The Kier molecular flexibility index (Phi) is 9.17. The largest absolute Gasteiger partial charge is 0.416 e. The second-order valence-corrected chi connectivity index (χ2v) is 11.8. The topological polar surface area (TPSA) is 95.9 Å². The summed E-state index contributed by atoms with van der Waals surface area (Å²) in [5, 5.41) is 12.6. The van der Waals surface area contributed by atoms with E-state index in [2.05, 4.69) is 10.2 Å². The van der Waals surface area contributed by atoms with Crippen molar-refractivity contribution in [2.75, 3.05) is 37.0 Å². The van der Waals surface area contributed by atoms with E-state index in [1.807, 2.05) is 0 Å². The predicted molar refractivity (Wildman–Crippen MR) is 145 cm³/mol. The Morgan fingerprint density at radius 1 is 1.05 bits per heavy atom. The standard InChI is InChI=1S/C29H31F3N2O5S/c1-2-40(37,38)25-14-8-20(9-15-25)26(19-35)33-28(36)22-6-12-24(13-7-22)34-16-3-17-39-27(18-34)21-4-10-23(11-5-21)29(30,31)32/h4-15,26-27,35H,2-3,16-19H2,1H3,(H,33,36)/t26-,27?/m0/s1. The van der Waals surface area contributed by atoms with Crippen molar-refractivity contribution in [1.29, 1.82) is 0 Å². The zero-order chi connectivity index (χ0) is 28.9. The lowest BCUT2D eigenvalue weighted by Gasteiger charge is -2.26. The number of halogens is 3. The molecule has 1 aliphatic rings. The molecule has 1 fully saturated rings. The number of sulfone groups is 1. The van der Waals surface area contributed by atoms with E-state index < -0.39 is 39.6 Å². The molecule has 0 radical (unpaired) electrons. The van der Waals surface area contributed by atoms with Gasteiger partial charge in [0.1, 0.15) is 0 Å². The van der Waals surface area contributed by atoms with Gasteiger partial charge in [0.05, 0.1) is 35.0 Å². The lowest BCUT2D eigenvalue weighted by Crippen LogP contribution is -2.31. The lowest BCUT2D eigenvalue weighted by atomic mass is 10.1. The molecule has 4 rings (SSSR count). The number of hydrogen-bond acceptors (Lipinski definition) is 6. The Balaban J connectivity index is 1.42. The van der Waals surface area contributed by atoms with Crippen LogP contribution in [0.1, 0.15) is 52.5 Å². The fourth-order valence-electron chi connectivity index (χ4n) is 4.52. The summed E-state index contributed by atoms with van der Waals surface area (Å²) in [6.45, 7) is 2.77. The molecule has 40 heavy (non-hydrogen) atoms. The third kappa shape index (κ3) is 7.01. The van der Waals surface area contributed by atoms with Crippen LogP contribution in [0, 0.1) is 0 Å². The number of hydrogen-bond donors (Lipinski definition) is 2. The van der Waals surface area contributed by atoms with E-state index in [0.717, 1.165) is 24.2 Å². The number of anilines is 1. The van der Waals surface area contributed by atoms with Crippen LogP contribution in [0.4, 0.5) is 18.9 Å². The average molecular weight is 577 g/mol. The molecule has 0 spiro atoms. The van der Waals surface area contributed by atoms with Gasteiger partial charge in [-0.3, -0.25) is 4.79 Å². The number of amides is 1. The molecule has 2 N–H and O–H groups in total. The van der Waals surface area contributed by atoms with Crippen LogP contribution in [-0.2, 0) is 20.8 Å². The van der Waals surface area contributed by atoms with Crippen LogP contribution >= 0.6 is 0 Å². The second kappa shape index (κ2) is 12.4. The molecule has 3 aromatic carbocycles. The first-order chi connectivity index (χ1) is 19.0. The smallest absolute Gasteiger partial charge is 0.394 e. The fraction of sp³-hybridized carbons (Fsp3) is 0.345. The van der Waals surface area contributed by atoms with Crippen molar-refractivity contribution in [3.05, 3.63) is 95.1 Å². The van der Waals surface area contributed by atoms with Crippen LogP contribution in [0.25, 0.3) is 0 Å². The summed E-state index contributed by atoms with van der Waals surface area (Å²) in [4.78, 5) is 15.2. The number of ether oxygens (including phenoxy) is 1. The SMILES string of the molecule is CCS(=O)(=O)c1ccc([C@H](CO)NC(=O)c2ccc(N3CCCOC(c4ccc(C(F)(F)F)cc4)C3)cc2)cc1. The van der Waals surface area contributed by atoms with Gasteiger partial charge in [0.2, 0.25) is 0 Å². The van der Waals surface area contributed by atoms with E-state index in [1.54, 1.807) is 43.3 Å². The second-order valence-electron chi connectivity index (χ2n) is 9.51. The summed E-state index contributed by atoms with van der Waals surface area (Å²) in [6.07, 6.45) is -4.07. The van der Waals surface area contributed by atoms with Gasteiger partial charge in [0.25, 0.3) is 5.91 Å². The van der Waals surface area contributed by atoms with Gasteiger partial charge in [-0.1, -0.05) is 31.2 Å².